The first-order valence-corrected chi connectivity index (χ1v) is 7.38. The second-order valence-corrected chi connectivity index (χ2v) is 7.12. The molecule has 0 aliphatic heterocycles. The molecule has 0 spiro atoms. The molecule has 0 amide bonds. The molecule has 4 aliphatic carbocycles. The van der Waals surface area contributed by atoms with Gasteiger partial charge in [-0.25, -0.2) is 0 Å². The van der Waals surface area contributed by atoms with Crippen LogP contribution in [0.1, 0.15) is 48.0 Å². The molecule has 0 N–H and O–H groups in total. The Hall–Kier alpha value is -0.300. The van der Waals surface area contributed by atoms with Crippen LogP contribution < -0.4 is 0 Å². The Morgan fingerprint density at radius 2 is 1.80 bits per heavy atom. The fourth-order valence-electron chi connectivity index (χ4n) is 5.72. The van der Waals surface area contributed by atoms with E-state index in [2.05, 4.69) is 22.8 Å². The molecule has 3 fully saturated rings. The smallest absolute Gasteiger partial charge is 0.0114 e. The predicted octanol–water partition coefficient (Wildman–Crippen LogP) is 3.99. The van der Waals surface area contributed by atoms with Gasteiger partial charge in [-0.3, -0.25) is 0 Å². The second kappa shape index (κ2) is 2.34. The van der Waals surface area contributed by atoms with E-state index in [1.54, 1.807) is 29.7 Å². The van der Waals surface area contributed by atoms with Gasteiger partial charge in [0.15, 0.2) is 0 Å². The van der Waals surface area contributed by atoms with Gasteiger partial charge >= 0.3 is 0 Å². The summed E-state index contributed by atoms with van der Waals surface area (Å²) < 4.78 is 0. The summed E-state index contributed by atoms with van der Waals surface area (Å²) in [6, 6.07) is 2.44. The highest BCUT2D eigenvalue weighted by molar-refractivity contribution is 7.10. The lowest BCUT2D eigenvalue weighted by Gasteiger charge is -2.34. The zero-order chi connectivity index (χ0) is 9.57. The summed E-state index contributed by atoms with van der Waals surface area (Å²) in [5.41, 5.74) is 1.78. The van der Waals surface area contributed by atoms with Gasteiger partial charge in [0.2, 0.25) is 0 Å². The van der Waals surface area contributed by atoms with Gasteiger partial charge in [-0.1, -0.05) is 0 Å². The Labute approximate surface area is 94.7 Å². The van der Waals surface area contributed by atoms with Crippen molar-refractivity contribution >= 4 is 11.3 Å². The van der Waals surface area contributed by atoms with Crippen molar-refractivity contribution in [3.63, 3.8) is 0 Å². The van der Waals surface area contributed by atoms with E-state index in [0.717, 1.165) is 35.5 Å². The Kier molecular flexibility index (Phi) is 1.23. The van der Waals surface area contributed by atoms with Crippen LogP contribution in [0.4, 0.5) is 0 Å². The van der Waals surface area contributed by atoms with Crippen LogP contribution in [0.2, 0.25) is 0 Å². The van der Waals surface area contributed by atoms with Crippen molar-refractivity contribution < 1.29 is 0 Å². The number of rotatable bonds is 0. The highest BCUT2D eigenvalue weighted by Gasteiger charge is 2.61. The number of hydrogen-bond donors (Lipinski definition) is 0. The minimum Gasteiger partial charge on any atom is -0.148 e. The van der Waals surface area contributed by atoms with Crippen LogP contribution in [0.3, 0.4) is 0 Å². The fourth-order valence-corrected chi connectivity index (χ4v) is 6.86. The Balaban J connectivity index is 1.72. The van der Waals surface area contributed by atoms with Crippen LogP contribution in [-0.2, 0) is 0 Å². The third-order valence-corrected chi connectivity index (χ3v) is 7.01. The number of hydrogen-bond acceptors (Lipinski definition) is 1. The van der Waals surface area contributed by atoms with Gasteiger partial charge < -0.3 is 0 Å². The van der Waals surface area contributed by atoms with Crippen LogP contribution in [-0.4, -0.2) is 0 Å². The zero-order valence-electron chi connectivity index (χ0n) is 8.86. The molecule has 1 aromatic heterocycles. The van der Waals surface area contributed by atoms with Gasteiger partial charge in [-0.15, -0.1) is 11.3 Å². The number of thiophene rings is 1. The van der Waals surface area contributed by atoms with Crippen molar-refractivity contribution in [3.8, 4) is 0 Å². The SMILES string of the molecule is c1cc2c(s1)C1CC2C2C3CCC(C3)C12. The van der Waals surface area contributed by atoms with E-state index in [9.17, 15) is 0 Å². The third kappa shape index (κ3) is 0.730. The maximum Gasteiger partial charge on any atom is 0.0114 e. The maximum absolute atomic E-state index is 2.44. The van der Waals surface area contributed by atoms with Gasteiger partial charge in [-0.2, -0.15) is 0 Å². The van der Waals surface area contributed by atoms with Crippen molar-refractivity contribution in [1.82, 2.24) is 0 Å². The van der Waals surface area contributed by atoms with E-state index in [4.69, 9.17) is 0 Å². The lowest BCUT2D eigenvalue weighted by Crippen LogP contribution is -2.26. The first-order chi connectivity index (χ1) is 7.43. The van der Waals surface area contributed by atoms with Crippen LogP contribution in [0.15, 0.2) is 11.4 Å². The van der Waals surface area contributed by atoms with E-state index in [1.165, 1.54) is 6.42 Å². The second-order valence-electron chi connectivity index (χ2n) is 6.18. The topological polar surface area (TPSA) is 0 Å². The van der Waals surface area contributed by atoms with E-state index in [-0.39, 0.29) is 0 Å². The van der Waals surface area contributed by atoms with E-state index >= 15 is 0 Å². The summed E-state index contributed by atoms with van der Waals surface area (Å²) in [6.07, 6.45) is 6.26. The normalized spacial score (nSPS) is 53.6. The molecule has 0 nitrogen and oxygen atoms in total. The summed E-state index contributed by atoms with van der Waals surface area (Å²) in [6.45, 7) is 0. The van der Waals surface area contributed by atoms with E-state index in [1.807, 2.05) is 0 Å². The minimum absolute atomic E-state index is 0.997. The molecule has 3 saturated carbocycles. The lowest BCUT2D eigenvalue weighted by molar-refractivity contribution is 0.220. The van der Waals surface area contributed by atoms with Gasteiger partial charge in [0.25, 0.3) is 0 Å². The highest BCUT2D eigenvalue weighted by atomic mass is 32.1. The highest BCUT2D eigenvalue weighted by Crippen LogP contribution is 2.72. The minimum atomic E-state index is 0.997. The van der Waals surface area contributed by atoms with E-state index in [0.29, 0.717) is 0 Å². The molecule has 6 unspecified atom stereocenters. The maximum atomic E-state index is 2.44. The molecule has 0 saturated heterocycles. The van der Waals surface area contributed by atoms with Gasteiger partial charge in [0, 0.05) is 4.88 Å². The molecule has 78 valence electrons. The molecule has 1 aromatic rings. The molecule has 4 bridgehead atoms. The first kappa shape index (κ1) is 7.89. The Morgan fingerprint density at radius 1 is 1.00 bits per heavy atom. The average molecular weight is 216 g/mol. The first-order valence-electron chi connectivity index (χ1n) is 6.51. The predicted molar refractivity (Wildman–Crippen MR) is 62.2 cm³/mol. The largest absolute Gasteiger partial charge is 0.148 e. The molecule has 1 heterocycles. The van der Waals surface area contributed by atoms with E-state index < -0.39 is 0 Å². The summed E-state index contributed by atoms with van der Waals surface area (Å²) in [7, 11) is 0. The monoisotopic (exact) mass is 216 g/mol. The average Bonchev–Trinajstić information content (AvgIpc) is 3.03. The summed E-state index contributed by atoms with van der Waals surface area (Å²) in [5.74, 6) is 6.51. The van der Waals surface area contributed by atoms with Crippen molar-refractivity contribution in [2.24, 2.45) is 23.7 Å². The van der Waals surface area contributed by atoms with Crippen LogP contribution in [0.5, 0.6) is 0 Å². The quantitative estimate of drug-likeness (QED) is 0.575. The van der Waals surface area contributed by atoms with Gasteiger partial charge in [-0.05, 0) is 78.2 Å². The summed E-state index contributed by atoms with van der Waals surface area (Å²) in [5, 5.41) is 2.34. The molecule has 0 aromatic carbocycles. The molecule has 5 rings (SSSR count). The Morgan fingerprint density at radius 3 is 2.67 bits per heavy atom. The fraction of sp³-hybridized carbons (Fsp3) is 0.714. The lowest BCUT2D eigenvalue weighted by atomic mass is 9.71. The van der Waals surface area contributed by atoms with Crippen LogP contribution >= 0.6 is 11.3 Å². The third-order valence-electron chi connectivity index (χ3n) is 5.95. The van der Waals surface area contributed by atoms with Crippen molar-refractivity contribution in [2.45, 2.75) is 37.5 Å². The van der Waals surface area contributed by atoms with Crippen LogP contribution in [0, 0.1) is 23.7 Å². The van der Waals surface area contributed by atoms with Gasteiger partial charge in [0.1, 0.15) is 0 Å². The van der Waals surface area contributed by atoms with Gasteiger partial charge in [0.05, 0.1) is 0 Å². The molecule has 0 radical (unpaired) electrons. The van der Waals surface area contributed by atoms with Crippen molar-refractivity contribution in [2.75, 3.05) is 0 Å². The van der Waals surface area contributed by atoms with Crippen molar-refractivity contribution in [3.05, 3.63) is 21.9 Å². The number of fused-ring (bicyclic) bond motifs is 12. The van der Waals surface area contributed by atoms with Crippen LogP contribution in [0.25, 0.3) is 0 Å². The molecule has 1 heteroatoms. The summed E-state index contributed by atoms with van der Waals surface area (Å²) in [4.78, 5) is 1.80. The standard InChI is InChI=1S/C14H16S/c1-2-8-5-7(1)12-10-6-11(13(8)12)14-9(10)3-4-15-14/h3-4,7-8,10-13H,1-2,5-6H2. The molecular formula is C14H16S. The molecule has 6 atom stereocenters. The molecular weight excluding hydrogens is 200 g/mol. The summed E-state index contributed by atoms with van der Waals surface area (Å²) >= 11 is 2.05. The Bertz CT molecular complexity index is 396. The zero-order valence-corrected chi connectivity index (χ0v) is 9.67. The molecule has 15 heavy (non-hydrogen) atoms. The van der Waals surface area contributed by atoms with Crippen molar-refractivity contribution in [1.29, 1.82) is 0 Å². The molecule has 4 aliphatic rings.